The maximum atomic E-state index is 12.6. The van der Waals surface area contributed by atoms with Gasteiger partial charge in [-0.2, -0.15) is 12.6 Å². The van der Waals surface area contributed by atoms with Crippen LogP contribution in [-0.2, 0) is 25.6 Å². The Balaban J connectivity index is 2.97. The molecule has 0 aromatic heterocycles. The number of aliphatic hydroxyl groups is 2. The summed E-state index contributed by atoms with van der Waals surface area (Å²) in [5, 5.41) is 34.4. The van der Waals surface area contributed by atoms with Crippen LogP contribution in [0.1, 0.15) is 5.56 Å². The Hall–Kier alpha value is -2.67. The lowest BCUT2D eigenvalue weighted by Gasteiger charge is -2.24. The highest BCUT2D eigenvalue weighted by Gasteiger charge is 2.29. The van der Waals surface area contributed by atoms with E-state index in [1.54, 1.807) is 30.3 Å². The fourth-order valence-corrected chi connectivity index (χ4v) is 2.51. The first-order valence-corrected chi connectivity index (χ1v) is 9.62. The lowest BCUT2D eigenvalue weighted by Crippen LogP contribution is -2.59. The van der Waals surface area contributed by atoms with Crippen LogP contribution in [0, 0.1) is 0 Å². The number of aliphatic carboxylic acids is 1. The van der Waals surface area contributed by atoms with Gasteiger partial charge in [-0.3, -0.25) is 14.4 Å². The molecular weight excluding hydrogens is 416 g/mol. The van der Waals surface area contributed by atoms with Gasteiger partial charge in [0.1, 0.15) is 18.1 Å². The minimum absolute atomic E-state index is 0.00156. The van der Waals surface area contributed by atoms with Crippen molar-refractivity contribution in [2.75, 3.05) is 19.0 Å². The second-order valence-electron chi connectivity index (χ2n) is 6.37. The Bertz CT molecular complexity index is 735. The van der Waals surface area contributed by atoms with E-state index in [1.807, 2.05) is 0 Å². The van der Waals surface area contributed by atoms with Crippen molar-refractivity contribution in [3.8, 4) is 0 Å². The maximum Gasteiger partial charge on any atom is 0.328 e. The molecule has 166 valence electrons. The zero-order valence-corrected chi connectivity index (χ0v) is 16.9. The average molecular weight is 442 g/mol. The molecule has 4 unspecified atom stereocenters. The summed E-state index contributed by atoms with van der Waals surface area (Å²) in [4.78, 5) is 48.0. The molecule has 0 saturated carbocycles. The highest BCUT2D eigenvalue weighted by Crippen LogP contribution is 2.05. The third kappa shape index (κ3) is 7.99. The smallest absolute Gasteiger partial charge is 0.328 e. The summed E-state index contributed by atoms with van der Waals surface area (Å²) in [5.74, 6) is -3.87. The van der Waals surface area contributed by atoms with E-state index in [0.29, 0.717) is 5.56 Å². The van der Waals surface area contributed by atoms with Gasteiger partial charge in [0.05, 0.1) is 19.3 Å². The van der Waals surface area contributed by atoms with E-state index in [4.69, 9.17) is 15.9 Å². The number of thiol groups is 1. The summed E-state index contributed by atoms with van der Waals surface area (Å²) in [6.07, 6.45) is -0.00156. The first kappa shape index (κ1) is 25.4. The van der Waals surface area contributed by atoms with Crippen molar-refractivity contribution in [1.82, 2.24) is 16.0 Å². The average Bonchev–Trinajstić information content (AvgIpc) is 2.74. The molecule has 0 heterocycles. The molecule has 0 fully saturated rings. The van der Waals surface area contributed by atoms with Gasteiger partial charge in [-0.05, 0) is 5.56 Å². The zero-order chi connectivity index (χ0) is 22.7. The number of benzene rings is 1. The van der Waals surface area contributed by atoms with Crippen LogP contribution in [0.3, 0.4) is 0 Å². The highest BCUT2D eigenvalue weighted by molar-refractivity contribution is 7.80. The fourth-order valence-electron chi connectivity index (χ4n) is 2.34. The Labute approximate surface area is 178 Å². The number of carbonyl (C=O) groups excluding carboxylic acids is 3. The summed E-state index contributed by atoms with van der Waals surface area (Å²) >= 11 is 3.88. The van der Waals surface area contributed by atoms with Crippen LogP contribution in [0.5, 0.6) is 0 Å². The van der Waals surface area contributed by atoms with Crippen LogP contribution in [0.4, 0.5) is 0 Å². The van der Waals surface area contributed by atoms with Crippen LogP contribution in [-0.4, -0.2) is 82.1 Å². The number of hydrogen-bond acceptors (Lipinski definition) is 8. The normalized spacial score (nSPS) is 14.7. The van der Waals surface area contributed by atoms with Crippen molar-refractivity contribution in [2.24, 2.45) is 5.73 Å². The molecule has 30 heavy (non-hydrogen) atoms. The Morgan fingerprint density at radius 3 is 1.87 bits per heavy atom. The van der Waals surface area contributed by atoms with Gasteiger partial charge < -0.3 is 37.0 Å². The molecule has 3 amide bonds. The molecule has 1 aromatic rings. The van der Waals surface area contributed by atoms with Gasteiger partial charge in [-0.15, -0.1) is 0 Å². The van der Waals surface area contributed by atoms with Gasteiger partial charge in [0.15, 0.2) is 0 Å². The highest BCUT2D eigenvalue weighted by atomic mass is 32.1. The lowest BCUT2D eigenvalue weighted by atomic mass is 10.0. The van der Waals surface area contributed by atoms with E-state index in [1.165, 1.54) is 0 Å². The molecule has 12 heteroatoms. The second-order valence-corrected chi connectivity index (χ2v) is 6.73. The molecule has 0 bridgehead atoms. The summed E-state index contributed by atoms with van der Waals surface area (Å²) in [6.45, 7) is -1.60. The van der Waals surface area contributed by atoms with Crippen molar-refractivity contribution in [3.63, 3.8) is 0 Å². The van der Waals surface area contributed by atoms with E-state index < -0.39 is 61.1 Å². The van der Waals surface area contributed by atoms with E-state index in [0.717, 1.165) is 0 Å². The zero-order valence-electron chi connectivity index (χ0n) is 16.0. The minimum atomic E-state index is -1.56. The summed E-state index contributed by atoms with van der Waals surface area (Å²) in [7, 11) is 0. The summed E-state index contributed by atoms with van der Waals surface area (Å²) in [6, 6.07) is 3.40. The number of carboxylic acid groups (broad SMARTS) is 1. The number of rotatable bonds is 12. The number of carbonyl (C=O) groups is 4. The lowest BCUT2D eigenvalue weighted by molar-refractivity contribution is -0.143. The monoisotopic (exact) mass is 442 g/mol. The van der Waals surface area contributed by atoms with E-state index in [2.05, 4.69) is 28.6 Å². The van der Waals surface area contributed by atoms with Crippen LogP contribution in [0.2, 0.25) is 0 Å². The topological polar surface area (TPSA) is 191 Å². The quantitative estimate of drug-likeness (QED) is 0.157. The van der Waals surface area contributed by atoms with Gasteiger partial charge in [0.25, 0.3) is 0 Å². The molecule has 0 saturated heterocycles. The van der Waals surface area contributed by atoms with Gasteiger partial charge >= 0.3 is 5.97 Å². The van der Waals surface area contributed by atoms with Crippen molar-refractivity contribution in [3.05, 3.63) is 35.9 Å². The van der Waals surface area contributed by atoms with Crippen LogP contribution in [0.15, 0.2) is 30.3 Å². The van der Waals surface area contributed by atoms with Crippen LogP contribution in [0.25, 0.3) is 0 Å². The second kappa shape index (κ2) is 12.8. The molecule has 11 nitrogen and oxygen atoms in total. The predicted octanol–water partition coefficient (Wildman–Crippen LogP) is -2.99. The predicted molar refractivity (Wildman–Crippen MR) is 110 cm³/mol. The number of nitrogens with one attached hydrogen (secondary N) is 3. The Morgan fingerprint density at radius 2 is 1.37 bits per heavy atom. The van der Waals surface area contributed by atoms with E-state index in [9.17, 15) is 24.3 Å². The number of amides is 3. The van der Waals surface area contributed by atoms with E-state index >= 15 is 0 Å². The van der Waals surface area contributed by atoms with Crippen molar-refractivity contribution < 1.29 is 34.5 Å². The van der Waals surface area contributed by atoms with Gasteiger partial charge in [0.2, 0.25) is 17.7 Å². The third-order valence-corrected chi connectivity index (χ3v) is 4.46. The molecule has 1 aromatic carbocycles. The molecule has 1 rings (SSSR count). The molecule has 0 radical (unpaired) electrons. The molecule has 4 atom stereocenters. The van der Waals surface area contributed by atoms with Crippen LogP contribution < -0.4 is 21.7 Å². The van der Waals surface area contributed by atoms with Gasteiger partial charge in [-0.1, -0.05) is 30.3 Å². The first-order chi connectivity index (χ1) is 14.2. The number of hydrogen-bond donors (Lipinski definition) is 8. The Kier molecular flexibility index (Phi) is 10.8. The third-order valence-electron chi connectivity index (χ3n) is 4.06. The van der Waals surface area contributed by atoms with E-state index in [-0.39, 0.29) is 12.2 Å². The Morgan fingerprint density at radius 1 is 0.867 bits per heavy atom. The fraction of sp³-hybridized carbons (Fsp3) is 0.444. The molecule has 0 aliphatic heterocycles. The number of nitrogens with two attached hydrogens (primary N) is 1. The minimum Gasteiger partial charge on any atom is -0.480 e. The van der Waals surface area contributed by atoms with Crippen molar-refractivity contribution >= 4 is 36.3 Å². The summed E-state index contributed by atoms with van der Waals surface area (Å²) in [5.41, 5.74) is 6.19. The number of carboxylic acids is 1. The molecule has 0 aliphatic carbocycles. The summed E-state index contributed by atoms with van der Waals surface area (Å²) < 4.78 is 0. The standard InChI is InChI=1S/C18H26N4O7S/c19-11(9-30)15(25)21-13(7-23)17(27)20-12(6-10-4-2-1-3-5-10)16(26)22-14(8-24)18(28)29/h1-5,11-14,23-24,30H,6-9,19H2,(H,20,27)(H,21,25)(H,22,26)(H,28,29). The molecule has 0 aliphatic rings. The van der Waals surface area contributed by atoms with Crippen LogP contribution >= 0.6 is 12.6 Å². The van der Waals surface area contributed by atoms with Crippen molar-refractivity contribution in [1.29, 1.82) is 0 Å². The largest absolute Gasteiger partial charge is 0.480 e. The maximum absolute atomic E-state index is 12.6. The SMILES string of the molecule is NC(CS)C(=O)NC(CO)C(=O)NC(Cc1ccccc1)C(=O)NC(CO)C(=O)O. The van der Waals surface area contributed by atoms with Gasteiger partial charge in [-0.25, -0.2) is 4.79 Å². The first-order valence-electron chi connectivity index (χ1n) is 8.99. The molecular formula is C18H26N4O7S. The van der Waals surface area contributed by atoms with Crippen molar-refractivity contribution in [2.45, 2.75) is 30.6 Å². The van der Waals surface area contributed by atoms with Gasteiger partial charge in [0, 0.05) is 12.2 Å². The molecule has 8 N–H and O–H groups in total. The molecule has 0 spiro atoms. The number of aliphatic hydroxyl groups excluding tert-OH is 2.